The molecule has 5 rings (SSSR count). The van der Waals surface area contributed by atoms with Gasteiger partial charge in [-0.3, -0.25) is 9.78 Å². The number of aromatic amines is 2. The maximum absolute atomic E-state index is 12.8. The Morgan fingerprint density at radius 1 is 1.07 bits per heavy atom. The summed E-state index contributed by atoms with van der Waals surface area (Å²) >= 11 is 0. The van der Waals surface area contributed by atoms with Crippen LogP contribution in [-0.4, -0.2) is 26.2 Å². The summed E-state index contributed by atoms with van der Waals surface area (Å²) in [6, 6.07) is 14.8. The Labute approximate surface area is 165 Å². The lowest BCUT2D eigenvalue weighted by molar-refractivity contribution is -0.690. The number of para-hydroxylation sites is 1. The fourth-order valence-corrected chi connectivity index (χ4v) is 4.28. The second-order valence-corrected chi connectivity index (χ2v) is 7.48. The third-order valence-corrected chi connectivity index (χ3v) is 5.68. The van der Waals surface area contributed by atoms with Gasteiger partial charge in [0, 0.05) is 17.3 Å². The van der Waals surface area contributed by atoms with E-state index in [1.807, 2.05) is 42.6 Å². The quantitative estimate of drug-likeness (QED) is 0.414. The summed E-state index contributed by atoms with van der Waals surface area (Å²) in [6.45, 7) is 2.72. The van der Waals surface area contributed by atoms with Crippen molar-refractivity contribution in [3.05, 3.63) is 91.8 Å². The first kappa shape index (κ1) is 17.5. The SMILES string of the molecule is Cc1ccc(-n2c(O)c([C@@H]3[NH2+]CCc4c3[nH]c3ccccc43)c(=O)[nH]c2=O)cc1. The molecule has 2 aromatic heterocycles. The molecule has 0 amide bonds. The van der Waals surface area contributed by atoms with Gasteiger partial charge in [0.1, 0.15) is 5.56 Å². The van der Waals surface area contributed by atoms with Gasteiger partial charge in [0.2, 0.25) is 5.88 Å². The highest BCUT2D eigenvalue weighted by molar-refractivity contribution is 5.85. The standard InChI is InChI=1S/C22H20N4O3/c1-12-6-8-13(9-7-12)26-21(28)17(20(27)25-22(26)29)19-18-15(10-11-23-19)14-4-2-3-5-16(14)24-18/h2-9,19,23-24,28H,10-11H2,1H3,(H,25,27,29)/p+1/t19-/m0/s1. The zero-order valence-electron chi connectivity index (χ0n) is 15.9. The van der Waals surface area contributed by atoms with Gasteiger partial charge < -0.3 is 15.4 Å². The fraction of sp³-hybridized carbons (Fsp3) is 0.182. The predicted molar refractivity (Wildman–Crippen MR) is 110 cm³/mol. The Hall–Kier alpha value is -3.58. The van der Waals surface area contributed by atoms with Crippen LogP contribution >= 0.6 is 0 Å². The van der Waals surface area contributed by atoms with Gasteiger partial charge >= 0.3 is 5.69 Å². The number of aromatic hydroxyl groups is 1. The molecule has 0 saturated carbocycles. The van der Waals surface area contributed by atoms with Gasteiger partial charge in [0.15, 0.2) is 6.04 Å². The second kappa shape index (κ2) is 6.49. The maximum Gasteiger partial charge on any atom is 0.335 e. The molecule has 3 heterocycles. The third kappa shape index (κ3) is 2.70. The Morgan fingerprint density at radius 2 is 1.83 bits per heavy atom. The van der Waals surface area contributed by atoms with Gasteiger partial charge in [0.05, 0.1) is 17.9 Å². The number of nitrogens with zero attached hydrogens (tertiary/aromatic N) is 1. The van der Waals surface area contributed by atoms with E-state index in [0.717, 1.165) is 45.3 Å². The van der Waals surface area contributed by atoms with E-state index in [4.69, 9.17) is 0 Å². The molecule has 1 aliphatic rings. The largest absolute Gasteiger partial charge is 0.494 e. The minimum absolute atomic E-state index is 0.178. The number of aryl methyl sites for hydroxylation is 1. The van der Waals surface area contributed by atoms with Crippen molar-refractivity contribution >= 4 is 10.9 Å². The minimum atomic E-state index is -0.659. The first-order valence-electron chi connectivity index (χ1n) is 9.62. The average Bonchev–Trinajstić information content (AvgIpc) is 3.09. The summed E-state index contributed by atoms with van der Waals surface area (Å²) < 4.78 is 1.15. The molecule has 7 heteroatoms. The smallest absolute Gasteiger partial charge is 0.335 e. The highest BCUT2D eigenvalue weighted by Gasteiger charge is 2.34. The molecule has 5 N–H and O–H groups in total. The Kier molecular flexibility index (Phi) is 3.92. The molecule has 0 fully saturated rings. The van der Waals surface area contributed by atoms with Gasteiger partial charge in [0.25, 0.3) is 5.56 Å². The number of hydrogen-bond donors (Lipinski definition) is 4. The molecule has 0 aliphatic carbocycles. The molecule has 1 atom stereocenters. The van der Waals surface area contributed by atoms with Crippen LogP contribution in [0.3, 0.4) is 0 Å². The Balaban J connectivity index is 1.74. The van der Waals surface area contributed by atoms with Crippen molar-refractivity contribution < 1.29 is 10.4 Å². The van der Waals surface area contributed by atoms with Gasteiger partial charge in [-0.15, -0.1) is 0 Å². The lowest BCUT2D eigenvalue weighted by Gasteiger charge is -2.22. The normalized spacial score (nSPS) is 16.1. The van der Waals surface area contributed by atoms with Crippen molar-refractivity contribution in [2.75, 3.05) is 6.54 Å². The molecule has 146 valence electrons. The summed E-state index contributed by atoms with van der Waals surface area (Å²) in [6.07, 6.45) is 0.867. The molecule has 0 radical (unpaired) electrons. The molecule has 0 bridgehead atoms. The van der Waals surface area contributed by atoms with E-state index in [9.17, 15) is 14.7 Å². The molecule has 0 saturated heterocycles. The Bertz CT molecular complexity index is 1350. The second-order valence-electron chi connectivity index (χ2n) is 7.48. The molecule has 1 aliphatic heterocycles. The molecule has 29 heavy (non-hydrogen) atoms. The number of H-pyrrole nitrogens is 2. The first-order chi connectivity index (χ1) is 14.0. The van der Waals surface area contributed by atoms with Gasteiger partial charge in [-0.05, 0) is 30.7 Å². The van der Waals surface area contributed by atoms with Crippen molar-refractivity contribution in [3.8, 4) is 11.6 Å². The van der Waals surface area contributed by atoms with E-state index in [1.54, 1.807) is 12.1 Å². The fourth-order valence-electron chi connectivity index (χ4n) is 4.28. The highest BCUT2D eigenvalue weighted by atomic mass is 16.3. The van der Waals surface area contributed by atoms with Crippen LogP contribution in [-0.2, 0) is 6.42 Å². The minimum Gasteiger partial charge on any atom is -0.494 e. The zero-order valence-corrected chi connectivity index (χ0v) is 15.9. The number of hydrogen-bond acceptors (Lipinski definition) is 3. The molecule has 7 nitrogen and oxygen atoms in total. The van der Waals surface area contributed by atoms with E-state index in [1.165, 1.54) is 0 Å². The van der Waals surface area contributed by atoms with Crippen LogP contribution in [0.4, 0.5) is 0 Å². The number of rotatable bonds is 2. The predicted octanol–water partition coefficient (Wildman–Crippen LogP) is 1.23. The highest BCUT2D eigenvalue weighted by Crippen LogP contribution is 2.32. The van der Waals surface area contributed by atoms with Gasteiger partial charge in [-0.1, -0.05) is 35.9 Å². The number of quaternary nitrogens is 1. The molecule has 2 aromatic carbocycles. The number of nitrogens with one attached hydrogen (secondary N) is 2. The van der Waals surface area contributed by atoms with Crippen LogP contribution in [0.2, 0.25) is 0 Å². The van der Waals surface area contributed by atoms with Crippen molar-refractivity contribution in [1.29, 1.82) is 0 Å². The van der Waals surface area contributed by atoms with Crippen molar-refractivity contribution in [2.45, 2.75) is 19.4 Å². The summed E-state index contributed by atoms with van der Waals surface area (Å²) in [5.41, 5.74) is 3.54. The zero-order chi connectivity index (χ0) is 20.1. The average molecular weight is 389 g/mol. The van der Waals surface area contributed by atoms with Crippen LogP contribution in [0.15, 0.2) is 58.1 Å². The van der Waals surface area contributed by atoms with E-state index < -0.39 is 17.3 Å². The van der Waals surface area contributed by atoms with Crippen LogP contribution in [0.1, 0.15) is 28.4 Å². The van der Waals surface area contributed by atoms with Crippen molar-refractivity contribution in [3.63, 3.8) is 0 Å². The topological polar surface area (TPSA) is 107 Å². The van der Waals surface area contributed by atoms with E-state index >= 15 is 0 Å². The number of benzene rings is 2. The monoisotopic (exact) mass is 389 g/mol. The molecule has 0 unspecified atom stereocenters. The maximum atomic E-state index is 12.8. The molecule has 4 aromatic rings. The van der Waals surface area contributed by atoms with Crippen molar-refractivity contribution in [1.82, 2.24) is 14.5 Å². The summed E-state index contributed by atoms with van der Waals surface area (Å²) in [4.78, 5) is 31.1. The number of fused-ring (bicyclic) bond motifs is 3. The molecular weight excluding hydrogens is 368 g/mol. The first-order valence-corrected chi connectivity index (χ1v) is 9.62. The Morgan fingerprint density at radius 3 is 2.62 bits per heavy atom. The molecule has 0 spiro atoms. The number of aromatic nitrogens is 3. The summed E-state index contributed by atoms with van der Waals surface area (Å²) in [5, 5.41) is 14.2. The summed E-state index contributed by atoms with van der Waals surface area (Å²) in [7, 11) is 0. The van der Waals surface area contributed by atoms with Crippen molar-refractivity contribution in [2.24, 2.45) is 0 Å². The van der Waals surface area contributed by atoms with E-state index in [-0.39, 0.29) is 11.4 Å². The van der Waals surface area contributed by atoms with E-state index in [0.29, 0.717) is 5.69 Å². The van der Waals surface area contributed by atoms with Crippen LogP contribution in [0, 0.1) is 6.92 Å². The third-order valence-electron chi connectivity index (χ3n) is 5.68. The van der Waals surface area contributed by atoms with Gasteiger partial charge in [-0.25, -0.2) is 9.36 Å². The number of nitrogens with two attached hydrogens (primary N) is 1. The van der Waals surface area contributed by atoms with Crippen LogP contribution in [0.5, 0.6) is 5.88 Å². The van der Waals surface area contributed by atoms with Crippen LogP contribution in [0.25, 0.3) is 16.6 Å². The molecular formula is C22H21N4O3+. The van der Waals surface area contributed by atoms with Crippen LogP contribution < -0.4 is 16.6 Å². The summed E-state index contributed by atoms with van der Waals surface area (Å²) in [5.74, 6) is -0.324. The van der Waals surface area contributed by atoms with E-state index in [2.05, 4.69) is 16.0 Å². The van der Waals surface area contributed by atoms with Gasteiger partial charge in [-0.2, -0.15) is 0 Å². The lowest BCUT2D eigenvalue weighted by atomic mass is 9.95. The lowest BCUT2D eigenvalue weighted by Crippen LogP contribution is -2.87.